The van der Waals surface area contributed by atoms with Gasteiger partial charge in [0.05, 0.1) is 26.3 Å². The number of hydrogen-bond donors (Lipinski definition) is 1. The van der Waals surface area contributed by atoms with Crippen LogP contribution in [0.5, 0.6) is 11.5 Å². The highest BCUT2D eigenvalue weighted by Crippen LogP contribution is 2.28. The largest absolute Gasteiger partial charge is 0.497 e. The molecule has 0 unspecified atom stereocenters. The lowest BCUT2D eigenvalue weighted by atomic mass is 10.1. The summed E-state index contributed by atoms with van der Waals surface area (Å²) in [4.78, 5) is 23.5. The Morgan fingerprint density at radius 2 is 1.52 bits per heavy atom. The molecule has 4 rings (SSSR count). The summed E-state index contributed by atoms with van der Waals surface area (Å²) in [5.41, 5.74) is 4.06. The minimum absolute atomic E-state index is 0.0913. The van der Waals surface area contributed by atoms with Crippen LogP contribution in [0, 0.1) is 0 Å². The van der Waals surface area contributed by atoms with Gasteiger partial charge in [-0.05, 0) is 61.2 Å². The number of imidazole rings is 1. The van der Waals surface area contributed by atoms with Crippen LogP contribution in [0.1, 0.15) is 36.6 Å². The van der Waals surface area contributed by atoms with Crippen LogP contribution < -0.4 is 20.1 Å². The van der Waals surface area contributed by atoms with Gasteiger partial charge in [0.2, 0.25) is 0 Å². The van der Waals surface area contributed by atoms with Crippen molar-refractivity contribution in [3.05, 3.63) is 81.9 Å². The molecule has 2 aromatic heterocycles. The number of nitrogens with zero attached hydrogens (tertiary/aromatic N) is 3. The minimum Gasteiger partial charge on any atom is -0.497 e. The lowest BCUT2D eigenvalue weighted by Gasteiger charge is -2.25. The van der Waals surface area contributed by atoms with Gasteiger partial charge in [-0.1, -0.05) is 24.3 Å². The molecule has 10 nitrogen and oxygen atoms in total. The number of methoxy groups -OCH3 is 2. The number of benzene rings is 2. The number of aryl methyl sites for hydroxylation is 1. The average molecular weight is 597 g/mol. The zero-order valence-corrected chi connectivity index (χ0v) is 25.6. The zero-order chi connectivity index (χ0) is 30.1. The Balaban J connectivity index is 1.77. The number of ether oxygens (including phenoxy) is 3. The summed E-state index contributed by atoms with van der Waals surface area (Å²) in [6.07, 6.45) is 2.86. The molecule has 4 aromatic rings. The number of rotatable bonds is 16. The third kappa shape index (κ3) is 8.36. The van der Waals surface area contributed by atoms with Crippen molar-refractivity contribution in [3.8, 4) is 11.5 Å². The zero-order valence-electron chi connectivity index (χ0n) is 24.8. The van der Waals surface area contributed by atoms with Crippen molar-refractivity contribution in [1.82, 2.24) is 14.5 Å². The van der Waals surface area contributed by atoms with Crippen LogP contribution in [0.2, 0.25) is 0 Å². The summed E-state index contributed by atoms with van der Waals surface area (Å²) in [5.74, 6) is 2.30. The van der Waals surface area contributed by atoms with E-state index in [0.29, 0.717) is 63.4 Å². The Morgan fingerprint density at radius 3 is 2.05 bits per heavy atom. The second-order valence-corrected chi connectivity index (χ2v) is 12.5. The molecule has 0 aliphatic heterocycles. The predicted octanol–water partition coefficient (Wildman–Crippen LogP) is 4.35. The number of aromatic nitrogens is 3. The van der Waals surface area contributed by atoms with Crippen molar-refractivity contribution in [1.29, 1.82) is 0 Å². The molecule has 0 saturated carbocycles. The van der Waals surface area contributed by atoms with E-state index in [9.17, 15) is 13.2 Å². The van der Waals surface area contributed by atoms with Gasteiger partial charge in [0, 0.05) is 50.4 Å². The maximum Gasteiger partial charge on any atom is 0.326 e. The molecule has 0 fully saturated rings. The number of anilines is 1. The number of H-pyrrole nitrogens is 1. The van der Waals surface area contributed by atoms with E-state index in [1.807, 2.05) is 61.5 Å². The van der Waals surface area contributed by atoms with E-state index in [0.717, 1.165) is 33.8 Å². The van der Waals surface area contributed by atoms with Crippen LogP contribution in [0.25, 0.3) is 11.0 Å². The highest BCUT2D eigenvalue weighted by Gasteiger charge is 2.20. The summed E-state index contributed by atoms with van der Waals surface area (Å²) < 4.78 is 41.2. The maximum atomic E-state index is 13.2. The molecular formula is C31H40N4O6S. The molecule has 42 heavy (non-hydrogen) atoms. The van der Waals surface area contributed by atoms with Crippen molar-refractivity contribution >= 4 is 26.7 Å². The fourth-order valence-electron chi connectivity index (χ4n) is 4.83. The first-order chi connectivity index (χ1) is 20.2. The first-order valence-electron chi connectivity index (χ1n) is 14.1. The van der Waals surface area contributed by atoms with Gasteiger partial charge in [0.25, 0.3) is 0 Å². The Morgan fingerprint density at radius 1 is 0.929 bits per heavy atom. The van der Waals surface area contributed by atoms with E-state index >= 15 is 0 Å². The van der Waals surface area contributed by atoms with E-state index in [4.69, 9.17) is 19.2 Å². The van der Waals surface area contributed by atoms with Gasteiger partial charge in [-0.15, -0.1) is 0 Å². The highest BCUT2D eigenvalue weighted by atomic mass is 32.2. The van der Waals surface area contributed by atoms with Gasteiger partial charge >= 0.3 is 5.69 Å². The van der Waals surface area contributed by atoms with Gasteiger partial charge in [0.1, 0.15) is 26.9 Å². The van der Waals surface area contributed by atoms with Crippen molar-refractivity contribution in [2.75, 3.05) is 44.3 Å². The molecular weight excluding hydrogens is 556 g/mol. The molecule has 0 aliphatic carbocycles. The second-order valence-electron chi connectivity index (χ2n) is 10.2. The van der Waals surface area contributed by atoms with Crippen molar-refractivity contribution in [2.45, 2.75) is 45.8 Å². The first kappa shape index (κ1) is 31.1. The van der Waals surface area contributed by atoms with Gasteiger partial charge in [-0.2, -0.15) is 0 Å². The number of sulfone groups is 1. The van der Waals surface area contributed by atoms with Crippen LogP contribution >= 0.6 is 0 Å². The van der Waals surface area contributed by atoms with E-state index in [-0.39, 0.29) is 11.4 Å². The highest BCUT2D eigenvalue weighted by molar-refractivity contribution is 7.90. The van der Waals surface area contributed by atoms with Gasteiger partial charge in [-0.3, -0.25) is 4.57 Å². The second kappa shape index (κ2) is 14.4. The molecule has 226 valence electrons. The number of hydrogen-bond acceptors (Lipinski definition) is 8. The van der Waals surface area contributed by atoms with E-state index in [1.54, 1.807) is 18.8 Å². The number of pyridine rings is 1. The molecule has 0 radical (unpaired) electrons. The van der Waals surface area contributed by atoms with Gasteiger partial charge in [-0.25, -0.2) is 18.2 Å². The molecule has 0 saturated heterocycles. The van der Waals surface area contributed by atoms with Crippen molar-refractivity contribution in [3.63, 3.8) is 0 Å². The number of aromatic amines is 1. The van der Waals surface area contributed by atoms with Crippen LogP contribution in [0.4, 0.5) is 5.82 Å². The Hall–Kier alpha value is -3.83. The van der Waals surface area contributed by atoms with Gasteiger partial charge < -0.3 is 24.1 Å². The predicted molar refractivity (Wildman–Crippen MR) is 165 cm³/mol. The number of unbranched alkanes of at least 4 members (excludes halogenated alkanes) is 1. The van der Waals surface area contributed by atoms with Crippen molar-refractivity contribution < 1.29 is 22.6 Å². The lowest BCUT2D eigenvalue weighted by Crippen LogP contribution is -2.24. The fraction of sp³-hybridized carbons (Fsp3) is 0.419. The molecule has 0 spiro atoms. The van der Waals surface area contributed by atoms with Crippen molar-refractivity contribution in [2.24, 2.45) is 0 Å². The number of nitrogens with one attached hydrogen (secondary N) is 1. The molecule has 11 heteroatoms. The Labute approximate surface area is 247 Å². The quantitative estimate of drug-likeness (QED) is 0.190. The molecule has 0 atom stereocenters. The minimum atomic E-state index is -3.07. The summed E-state index contributed by atoms with van der Waals surface area (Å²) in [6.45, 7) is 4.54. The smallest absolute Gasteiger partial charge is 0.326 e. The van der Waals surface area contributed by atoms with Crippen LogP contribution in [0.15, 0.2) is 59.4 Å². The van der Waals surface area contributed by atoms with Crippen LogP contribution in [-0.2, 0) is 40.6 Å². The Bertz CT molecular complexity index is 1560. The summed E-state index contributed by atoms with van der Waals surface area (Å²) in [7, 11) is 0.216. The standard InChI is InChI=1S/C31H40N4O6S/c1-5-41-18-16-25-20-28-29(33-31(36)35(28)17-6-7-19-42(4,37)38)30(32-25)34(21-23-8-12-26(39-2)13-9-23)22-24-10-14-27(40-3)15-11-24/h8-15,20H,5-7,16-19,21-22H2,1-4H3,(H,33,36). The molecule has 0 bridgehead atoms. The Kier molecular flexibility index (Phi) is 10.6. The van der Waals surface area contributed by atoms with E-state index in [1.165, 1.54) is 6.26 Å². The maximum absolute atomic E-state index is 13.2. The topological polar surface area (TPSA) is 116 Å². The van der Waals surface area contributed by atoms with E-state index < -0.39 is 9.84 Å². The molecule has 2 heterocycles. The van der Waals surface area contributed by atoms with Gasteiger partial charge in [0.15, 0.2) is 5.82 Å². The third-order valence-corrected chi connectivity index (χ3v) is 8.05. The summed E-state index contributed by atoms with van der Waals surface area (Å²) in [6, 6.07) is 17.7. The lowest BCUT2D eigenvalue weighted by molar-refractivity contribution is 0.150. The monoisotopic (exact) mass is 596 g/mol. The SMILES string of the molecule is CCOCCc1cc2c([nH]c(=O)n2CCCCS(C)(=O)=O)c(N(Cc2ccc(OC)cc2)Cc2ccc(OC)cc2)n1. The van der Waals surface area contributed by atoms with Crippen LogP contribution in [0.3, 0.4) is 0 Å². The third-order valence-electron chi connectivity index (χ3n) is 7.02. The van der Waals surface area contributed by atoms with Crippen LogP contribution in [-0.4, -0.2) is 62.4 Å². The molecule has 0 aliphatic rings. The average Bonchev–Trinajstić information content (AvgIpc) is 3.29. The molecule has 0 amide bonds. The van der Waals surface area contributed by atoms with E-state index in [2.05, 4.69) is 9.88 Å². The molecule has 1 N–H and O–H groups in total. The first-order valence-corrected chi connectivity index (χ1v) is 16.2. The summed E-state index contributed by atoms with van der Waals surface area (Å²) >= 11 is 0. The summed E-state index contributed by atoms with van der Waals surface area (Å²) in [5, 5.41) is 0. The molecule has 2 aromatic carbocycles. The normalized spacial score (nSPS) is 11.6. The fourth-order valence-corrected chi connectivity index (χ4v) is 5.56. The number of fused-ring (bicyclic) bond motifs is 1.